The number of hydrogen-bond donors (Lipinski definition) is 3. The Morgan fingerprint density at radius 1 is 1.30 bits per heavy atom. The molecule has 1 aliphatic rings. The van der Waals surface area contributed by atoms with Crippen LogP contribution in [-0.2, 0) is 9.53 Å². The van der Waals surface area contributed by atoms with Crippen LogP contribution in [0.25, 0.3) is 0 Å². The Kier molecular flexibility index (Phi) is 6.10. The lowest BCUT2D eigenvalue weighted by Crippen LogP contribution is -2.32. The van der Waals surface area contributed by atoms with Gasteiger partial charge in [-0.3, -0.25) is 5.84 Å². The summed E-state index contributed by atoms with van der Waals surface area (Å²) >= 11 is 0. The largest absolute Gasteiger partial charge is 0.490 e. The van der Waals surface area contributed by atoms with Crippen LogP contribution in [-0.4, -0.2) is 18.7 Å². The van der Waals surface area contributed by atoms with Crippen LogP contribution in [0.1, 0.15) is 32.6 Å². The van der Waals surface area contributed by atoms with E-state index in [-0.39, 0.29) is 24.3 Å². The van der Waals surface area contributed by atoms with Gasteiger partial charge in [0.05, 0.1) is 12.7 Å². The van der Waals surface area contributed by atoms with E-state index in [4.69, 9.17) is 25.8 Å². The van der Waals surface area contributed by atoms with Gasteiger partial charge in [0.1, 0.15) is 11.5 Å². The van der Waals surface area contributed by atoms with Crippen molar-refractivity contribution in [1.29, 1.82) is 0 Å². The van der Waals surface area contributed by atoms with Gasteiger partial charge in [-0.05, 0) is 44.7 Å². The Labute approximate surface area is 135 Å². The summed E-state index contributed by atoms with van der Waals surface area (Å²) in [4.78, 5) is 11.7. The molecule has 0 unspecified atom stereocenters. The molecule has 0 heterocycles. The predicted octanol–water partition coefficient (Wildman–Crippen LogP) is 1.54. The molecule has 0 saturated heterocycles. The zero-order valence-electron chi connectivity index (χ0n) is 13.2. The molecular formula is C16H23N3O4. The van der Waals surface area contributed by atoms with Crippen LogP contribution in [0.3, 0.4) is 0 Å². The third kappa shape index (κ3) is 4.79. The fourth-order valence-electron chi connectivity index (χ4n) is 2.42. The summed E-state index contributed by atoms with van der Waals surface area (Å²) in [5.41, 5.74) is 7.85. The van der Waals surface area contributed by atoms with Crippen molar-refractivity contribution in [3.8, 4) is 11.5 Å². The Morgan fingerprint density at radius 2 is 2.00 bits per heavy atom. The van der Waals surface area contributed by atoms with Gasteiger partial charge in [-0.2, -0.15) is 0 Å². The quantitative estimate of drug-likeness (QED) is 0.230. The molecule has 2 rings (SSSR count). The lowest BCUT2D eigenvalue weighted by molar-refractivity contribution is -0.139. The third-order valence-electron chi connectivity index (χ3n) is 3.51. The number of hydrazine groups is 1. The monoisotopic (exact) mass is 321 g/mol. The van der Waals surface area contributed by atoms with Crippen LogP contribution >= 0.6 is 0 Å². The average Bonchev–Trinajstić information content (AvgIpc) is 3.01. The van der Waals surface area contributed by atoms with Crippen molar-refractivity contribution < 1.29 is 19.0 Å². The fourth-order valence-corrected chi connectivity index (χ4v) is 2.42. The van der Waals surface area contributed by atoms with Crippen molar-refractivity contribution in [3.05, 3.63) is 35.8 Å². The van der Waals surface area contributed by atoms with E-state index in [1.54, 1.807) is 25.1 Å². The zero-order valence-corrected chi connectivity index (χ0v) is 13.2. The van der Waals surface area contributed by atoms with Gasteiger partial charge in [0.2, 0.25) is 5.88 Å². The van der Waals surface area contributed by atoms with Crippen LogP contribution in [0.5, 0.6) is 11.5 Å². The summed E-state index contributed by atoms with van der Waals surface area (Å²) in [6.07, 6.45) is 4.77. The normalized spacial score (nSPS) is 15.7. The molecular weight excluding hydrogens is 298 g/mol. The molecule has 1 aliphatic carbocycles. The molecule has 126 valence electrons. The highest BCUT2D eigenvalue weighted by Gasteiger charge is 2.18. The Hall–Kier alpha value is -2.41. The van der Waals surface area contributed by atoms with Crippen molar-refractivity contribution in [2.75, 3.05) is 6.61 Å². The van der Waals surface area contributed by atoms with Gasteiger partial charge < -0.3 is 25.4 Å². The smallest absolute Gasteiger partial charge is 0.361 e. The topological polar surface area (TPSA) is 109 Å². The van der Waals surface area contributed by atoms with E-state index in [0.717, 1.165) is 12.8 Å². The number of nitrogens with one attached hydrogen (secondary N) is 1. The Balaban J connectivity index is 2.07. The van der Waals surface area contributed by atoms with E-state index >= 15 is 0 Å². The van der Waals surface area contributed by atoms with Crippen LogP contribution in [0.4, 0.5) is 0 Å². The molecule has 0 aromatic heterocycles. The summed E-state index contributed by atoms with van der Waals surface area (Å²) in [6.45, 7) is 1.90. The molecule has 7 nitrogen and oxygen atoms in total. The minimum atomic E-state index is -0.675. The van der Waals surface area contributed by atoms with Gasteiger partial charge in [0.25, 0.3) is 0 Å². The molecule has 1 fully saturated rings. The van der Waals surface area contributed by atoms with Crippen LogP contribution in [0, 0.1) is 0 Å². The summed E-state index contributed by atoms with van der Waals surface area (Å²) < 4.78 is 16.2. The number of rotatable bonds is 7. The molecule has 0 spiro atoms. The van der Waals surface area contributed by atoms with Crippen molar-refractivity contribution in [3.63, 3.8) is 0 Å². The van der Waals surface area contributed by atoms with Crippen LogP contribution in [0.15, 0.2) is 35.8 Å². The van der Waals surface area contributed by atoms with E-state index in [2.05, 4.69) is 5.43 Å². The first-order valence-electron chi connectivity index (χ1n) is 7.72. The molecule has 0 bridgehead atoms. The van der Waals surface area contributed by atoms with Gasteiger partial charge in [-0.15, -0.1) is 0 Å². The lowest BCUT2D eigenvalue weighted by atomic mass is 10.3. The van der Waals surface area contributed by atoms with Gasteiger partial charge in [-0.1, -0.05) is 6.07 Å². The number of nitrogens with two attached hydrogens (primary N) is 2. The highest BCUT2D eigenvalue weighted by Crippen LogP contribution is 2.27. The molecule has 1 saturated carbocycles. The average molecular weight is 321 g/mol. The molecule has 5 N–H and O–H groups in total. The molecule has 0 radical (unpaired) electrons. The van der Waals surface area contributed by atoms with Crippen molar-refractivity contribution in [1.82, 2.24) is 5.43 Å². The third-order valence-corrected chi connectivity index (χ3v) is 3.51. The fraction of sp³-hybridized carbons (Fsp3) is 0.438. The molecule has 1 aromatic rings. The minimum absolute atomic E-state index is 0.131. The lowest BCUT2D eigenvalue weighted by Gasteiger charge is -2.15. The van der Waals surface area contributed by atoms with Crippen molar-refractivity contribution in [2.24, 2.45) is 11.6 Å². The van der Waals surface area contributed by atoms with Crippen molar-refractivity contribution >= 4 is 5.97 Å². The van der Waals surface area contributed by atoms with E-state index in [1.165, 1.54) is 12.8 Å². The van der Waals surface area contributed by atoms with Crippen LogP contribution < -0.4 is 26.5 Å². The molecule has 0 amide bonds. The van der Waals surface area contributed by atoms with Gasteiger partial charge in [-0.25, -0.2) is 4.79 Å². The number of hydrogen-bond acceptors (Lipinski definition) is 7. The highest BCUT2D eigenvalue weighted by molar-refractivity contribution is 5.88. The number of ether oxygens (including phenoxy) is 3. The first kappa shape index (κ1) is 17.0. The van der Waals surface area contributed by atoms with Gasteiger partial charge in [0.15, 0.2) is 5.70 Å². The number of esters is 1. The van der Waals surface area contributed by atoms with E-state index in [9.17, 15) is 4.79 Å². The SMILES string of the molecule is CCOC(=O)/C(NN)=C(/N)Oc1cccc(OC2CCCC2)c1. The predicted molar refractivity (Wildman–Crippen MR) is 85.1 cm³/mol. The molecule has 0 aliphatic heterocycles. The second-order valence-corrected chi connectivity index (χ2v) is 5.21. The number of carbonyl (C=O) groups is 1. The van der Waals surface area contributed by atoms with E-state index in [0.29, 0.717) is 11.5 Å². The molecule has 7 heteroatoms. The summed E-state index contributed by atoms with van der Waals surface area (Å²) in [6, 6.07) is 7.10. The summed E-state index contributed by atoms with van der Waals surface area (Å²) in [5, 5.41) is 0. The van der Waals surface area contributed by atoms with Crippen LogP contribution in [0.2, 0.25) is 0 Å². The molecule has 23 heavy (non-hydrogen) atoms. The summed E-state index contributed by atoms with van der Waals surface area (Å²) in [7, 11) is 0. The standard InChI is InChI=1S/C16H23N3O4/c1-2-21-16(20)14(19-18)15(17)23-13-9-5-8-12(10-13)22-11-6-3-4-7-11/h5,8-11,19H,2-4,6-7,17-18H2,1H3/b15-14+. The Bertz CT molecular complexity index is 568. The number of benzene rings is 1. The van der Waals surface area contributed by atoms with Gasteiger partial charge >= 0.3 is 5.97 Å². The Morgan fingerprint density at radius 3 is 2.65 bits per heavy atom. The minimum Gasteiger partial charge on any atom is -0.490 e. The second-order valence-electron chi connectivity index (χ2n) is 5.21. The summed E-state index contributed by atoms with van der Waals surface area (Å²) in [5.74, 6) is 5.63. The van der Waals surface area contributed by atoms with Gasteiger partial charge in [0, 0.05) is 6.07 Å². The second kappa shape index (κ2) is 8.28. The van der Waals surface area contributed by atoms with E-state index in [1.807, 2.05) is 6.07 Å². The zero-order chi connectivity index (χ0) is 16.7. The number of carbonyl (C=O) groups excluding carboxylic acids is 1. The maximum atomic E-state index is 11.7. The van der Waals surface area contributed by atoms with Crippen molar-refractivity contribution in [2.45, 2.75) is 38.7 Å². The first-order valence-corrected chi connectivity index (χ1v) is 7.72. The first-order chi connectivity index (χ1) is 11.1. The van der Waals surface area contributed by atoms with E-state index < -0.39 is 5.97 Å². The maximum Gasteiger partial charge on any atom is 0.361 e. The highest BCUT2D eigenvalue weighted by atomic mass is 16.5. The molecule has 0 atom stereocenters. The molecule has 1 aromatic carbocycles. The maximum absolute atomic E-state index is 11.7.